The maximum atomic E-state index is 14.5. The lowest BCUT2D eigenvalue weighted by molar-refractivity contribution is 0.00594. The molecule has 5 nitrogen and oxygen atoms in total. The predicted molar refractivity (Wildman–Crippen MR) is 107 cm³/mol. The van der Waals surface area contributed by atoms with E-state index in [0.717, 1.165) is 5.56 Å². The Morgan fingerprint density at radius 2 is 1.97 bits per heavy atom. The summed E-state index contributed by atoms with van der Waals surface area (Å²) in [5.41, 5.74) is 2.15. The third kappa shape index (κ3) is 4.35. The van der Waals surface area contributed by atoms with Crippen LogP contribution in [0.1, 0.15) is 22.8 Å². The number of aryl methyl sites for hydroxylation is 1. The van der Waals surface area contributed by atoms with Gasteiger partial charge in [-0.15, -0.1) is 0 Å². The monoisotopic (exact) mass is 414 g/mol. The molecule has 0 amide bonds. The molecule has 0 aliphatic carbocycles. The summed E-state index contributed by atoms with van der Waals surface area (Å²) in [6.45, 7) is 1.10. The number of halogens is 3. The first-order valence-corrected chi connectivity index (χ1v) is 9.33. The van der Waals surface area contributed by atoms with E-state index in [9.17, 15) is 8.78 Å². The second-order valence-electron chi connectivity index (χ2n) is 6.65. The number of rotatable bonds is 6. The van der Waals surface area contributed by atoms with Crippen LogP contribution in [0.2, 0.25) is 5.02 Å². The van der Waals surface area contributed by atoms with Crippen molar-refractivity contribution in [1.29, 1.82) is 0 Å². The molecule has 0 atom stereocenters. The lowest BCUT2D eigenvalue weighted by Gasteiger charge is -2.16. The summed E-state index contributed by atoms with van der Waals surface area (Å²) >= 11 is 6.02. The molecule has 0 radical (unpaired) electrons. The zero-order valence-electron chi connectivity index (χ0n) is 15.5. The van der Waals surface area contributed by atoms with Gasteiger partial charge in [-0.25, -0.2) is 9.97 Å². The second-order valence-corrected chi connectivity index (χ2v) is 7.08. The number of nitrogens with one attached hydrogen (secondary N) is 1. The molecule has 0 fully saturated rings. The van der Waals surface area contributed by atoms with E-state index in [2.05, 4.69) is 20.3 Å². The highest BCUT2D eigenvalue weighted by molar-refractivity contribution is 6.30. The van der Waals surface area contributed by atoms with Gasteiger partial charge in [-0.2, -0.15) is 8.78 Å². The third-order valence-electron chi connectivity index (χ3n) is 4.31. The van der Waals surface area contributed by atoms with Crippen LogP contribution in [0, 0.1) is 6.92 Å². The zero-order valence-corrected chi connectivity index (χ0v) is 16.3. The Bertz CT molecular complexity index is 1150. The smallest absolute Gasteiger partial charge is 0.306 e. The Hall–Kier alpha value is -3.06. The molecule has 0 aliphatic rings. The lowest BCUT2D eigenvalue weighted by atomic mass is 10.1. The van der Waals surface area contributed by atoms with Gasteiger partial charge in [0.05, 0.1) is 6.54 Å². The number of aromatic nitrogens is 3. The first-order chi connectivity index (χ1) is 13.9. The minimum absolute atomic E-state index is 0.247. The number of hydrogen-bond donors (Lipinski definition) is 1. The van der Waals surface area contributed by atoms with Gasteiger partial charge in [0.15, 0.2) is 22.8 Å². The van der Waals surface area contributed by atoms with Crippen molar-refractivity contribution in [2.75, 3.05) is 11.9 Å². The van der Waals surface area contributed by atoms with E-state index < -0.39 is 12.5 Å². The summed E-state index contributed by atoms with van der Waals surface area (Å²) in [5.74, 6) is -2.46. The van der Waals surface area contributed by atoms with Crippen molar-refractivity contribution >= 4 is 28.5 Å². The summed E-state index contributed by atoms with van der Waals surface area (Å²) in [4.78, 5) is 12.5. The molecule has 0 unspecified atom stereocenters. The fraction of sp³-hybridized carbons (Fsp3) is 0.190. The van der Waals surface area contributed by atoms with Gasteiger partial charge in [-0.3, -0.25) is 4.98 Å². The Labute approximate surface area is 170 Å². The van der Waals surface area contributed by atoms with Gasteiger partial charge < -0.3 is 9.73 Å². The quantitative estimate of drug-likeness (QED) is 0.459. The van der Waals surface area contributed by atoms with Gasteiger partial charge >= 0.3 is 5.92 Å². The molecule has 29 heavy (non-hydrogen) atoms. The van der Waals surface area contributed by atoms with Crippen molar-refractivity contribution in [1.82, 2.24) is 15.0 Å². The fourth-order valence-corrected chi connectivity index (χ4v) is 3.19. The average Bonchev–Trinajstić information content (AvgIpc) is 3.09. The topological polar surface area (TPSA) is 63.8 Å². The normalized spacial score (nSPS) is 11.7. The number of anilines is 1. The number of oxazole rings is 1. The standard InChI is InChI=1S/C21H17ClF2N4O/c1-13-9-16-19(28-18(29-16)11-14-5-4-6-15(22)10-14)20(27-13)26-12-21(23,24)17-7-2-3-8-25-17/h2-10H,11-12H2,1H3,(H,26,27). The van der Waals surface area contributed by atoms with Gasteiger partial charge in [-0.05, 0) is 36.8 Å². The molecule has 148 valence electrons. The van der Waals surface area contributed by atoms with E-state index in [1.165, 1.54) is 18.3 Å². The van der Waals surface area contributed by atoms with Crippen LogP contribution >= 0.6 is 11.6 Å². The molecule has 0 saturated carbocycles. The number of alkyl halides is 2. The van der Waals surface area contributed by atoms with Gasteiger partial charge in [0.25, 0.3) is 0 Å². The molecule has 1 N–H and O–H groups in total. The second kappa shape index (κ2) is 7.75. The maximum Gasteiger partial charge on any atom is 0.306 e. The Morgan fingerprint density at radius 1 is 1.10 bits per heavy atom. The van der Waals surface area contributed by atoms with Gasteiger partial charge in [0, 0.05) is 29.4 Å². The Balaban J connectivity index is 1.60. The minimum Gasteiger partial charge on any atom is -0.440 e. The number of hydrogen-bond acceptors (Lipinski definition) is 5. The van der Waals surface area contributed by atoms with E-state index in [0.29, 0.717) is 34.1 Å². The van der Waals surface area contributed by atoms with E-state index >= 15 is 0 Å². The molecule has 0 bridgehead atoms. The molecule has 4 rings (SSSR count). The van der Waals surface area contributed by atoms with Crippen molar-refractivity contribution in [3.05, 3.63) is 82.6 Å². The highest BCUT2D eigenvalue weighted by atomic mass is 35.5. The zero-order chi connectivity index (χ0) is 20.4. The van der Waals surface area contributed by atoms with Crippen LogP contribution in [-0.4, -0.2) is 21.5 Å². The number of fused-ring (bicyclic) bond motifs is 1. The Kier molecular flexibility index (Phi) is 5.15. The van der Waals surface area contributed by atoms with Crippen LogP contribution in [-0.2, 0) is 12.3 Å². The predicted octanol–water partition coefficient (Wildman–Crippen LogP) is 5.37. The molecular weight excluding hydrogens is 398 g/mol. The van der Waals surface area contributed by atoms with Crippen LogP contribution in [0.15, 0.2) is 59.1 Å². The lowest BCUT2D eigenvalue weighted by Crippen LogP contribution is -2.26. The number of pyridine rings is 2. The molecule has 4 aromatic rings. The van der Waals surface area contributed by atoms with Crippen LogP contribution < -0.4 is 5.32 Å². The molecule has 3 heterocycles. The molecule has 1 aromatic carbocycles. The average molecular weight is 415 g/mol. The maximum absolute atomic E-state index is 14.5. The highest BCUT2D eigenvalue weighted by Crippen LogP contribution is 2.29. The van der Waals surface area contributed by atoms with Crippen LogP contribution in [0.5, 0.6) is 0 Å². The van der Waals surface area contributed by atoms with Crippen LogP contribution in [0.4, 0.5) is 14.6 Å². The fourth-order valence-electron chi connectivity index (χ4n) is 2.98. The molecule has 0 spiro atoms. The van der Waals surface area contributed by atoms with E-state index in [4.69, 9.17) is 16.0 Å². The van der Waals surface area contributed by atoms with Crippen molar-refractivity contribution in [3.63, 3.8) is 0 Å². The SMILES string of the molecule is Cc1cc2oc(Cc3cccc(Cl)c3)nc2c(NCC(F)(F)c2ccccn2)n1. The van der Waals surface area contributed by atoms with Crippen LogP contribution in [0.25, 0.3) is 11.1 Å². The van der Waals surface area contributed by atoms with E-state index in [1.54, 1.807) is 25.1 Å². The Morgan fingerprint density at radius 3 is 2.72 bits per heavy atom. The molecule has 8 heteroatoms. The van der Waals surface area contributed by atoms with Crippen molar-refractivity contribution < 1.29 is 13.2 Å². The molecule has 3 aromatic heterocycles. The first-order valence-electron chi connectivity index (χ1n) is 8.95. The summed E-state index contributed by atoms with van der Waals surface area (Å²) in [6.07, 6.45) is 1.77. The number of benzene rings is 1. The van der Waals surface area contributed by atoms with E-state index in [1.807, 2.05) is 18.2 Å². The van der Waals surface area contributed by atoms with Crippen molar-refractivity contribution in [2.24, 2.45) is 0 Å². The van der Waals surface area contributed by atoms with Crippen molar-refractivity contribution in [2.45, 2.75) is 19.3 Å². The van der Waals surface area contributed by atoms with Gasteiger partial charge in [-0.1, -0.05) is 29.8 Å². The first kappa shape index (κ1) is 19.3. The highest BCUT2D eigenvalue weighted by Gasteiger charge is 2.33. The minimum atomic E-state index is -3.16. The molecular formula is C21H17ClF2N4O. The number of nitrogens with zero attached hydrogens (tertiary/aromatic N) is 3. The summed E-state index contributed by atoms with van der Waals surface area (Å²) in [6, 6.07) is 13.5. The van der Waals surface area contributed by atoms with Gasteiger partial charge in [0.1, 0.15) is 5.69 Å². The largest absolute Gasteiger partial charge is 0.440 e. The van der Waals surface area contributed by atoms with Gasteiger partial charge in [0.2, 0.25) is 0 Å². The summed E-state index contributed by atoms with van der Waals surface area (Å²) < 4.78 is 34.7. The molecule has 0 aliphatic heterocycles. The summed E-state index contributed by atoms with van der Waals surface area (Å²) in [7, 11) is 0. The van der Waals surface area contributed by atoms with E-state index in [-0.39, 0.29) is 11.5 Å². The van der Waals surface area contributed by atoms with Crippen LogP contribution in [0.3, 0.4) is 0 Å². The van der Waals surface area contributed by atoms with Crippen molar-refractivity contribution in [3.8, 4) is 0 Å². The summed E-state index contributed by atoms with van der Waals surface area (Å²) in [5, 5.41) is 3.33. The molecule has 0 saturated heterocycles. The third-order valence-corrected chi connectivity index (χ3v) is 4.55.